The third kappa shape index (κ3) is 3.16. The van der Waals surface area contributed by atoms with Gasteiger partial charge in [0.1, 0.15) is 5.54 Å². The number of rotatable bonds is 6. The standard InChI is InChI=1S/C25H26N4O4/c1-14-6-5-9-16-21(14)27-24(33)25(16)20-19(17(28-25)10-11-18(26)30)22(31)29(23(20)32)13-12-15-7-3-2-4-8-15/h2-9,17,19-20,28H,10-13H2,1H3,(H2,26,30)(H,27,33). The number of aryl methyl sites for hydroxylation is 1. The number of likely N-dealkylation sites (tertiary alicyclic amines) is 1. The Bertz CT molecular complexity index is 1160. The van der Waals surface area contributed by atoms with Gasteiger partial charge in [0.25, 0.3) is 0 Å². The van der Waals surface area contributed by atoms with E-state index in [1.807, 2.05) is 55.5 Å². The monoisotopic (exact) mass is 446 g/mol. The molecule has 0 aliphatic carbocycles. The van der Waals surface area contributed by atoms with Crippen LogP contribution in [-0.4, -0.2) is 41.1 Å². The van der Waals surface area contributed by atoms with Gasteiger partial charge >= 0.3 is 0 Å². The topological polar surface area (TPSA) is 122 Å². The molecule has 4 amide bonds. The van der Waals surface area contributed by atoms with Gasteiger partial charge in [0.2, 0.25) is 23.6 Å². The van der Waals surface area contributed by atoms with Crippen molar-refractivity contribution in [1.29, 1.82) is 0 Å². The first kappa shape index (κ1) is 21.3. The van der Waals surface area contributed by atoms with E-state index in [9.17, 15) is 19.2 Å². The summed E-state index contributed by atoms with van der Waals surface area (Å²) in [5.74, 6) is -3.08. The van der Waals surface area contributed by atoms with Crippen LogP contribution >= 0.6 is 0 Å². The first-order valence-electron chi connectivity index (χ1n) is 11.2. The number of fused-ring (bicyclic) bond motifs is 4. The minimum absolute atomic E-state index is 0.0603. The largest absolute Gasteiger partial charge is 0.370 e. The zero-order chi connectivity index (χ0) is 23.3. The van der Waals surface area contributed by atoms with Gasteiger partial charge in [-0.15, -0.1) is 0 Å². The second-order valence-corrected chi connectivity index (χ2v) is 9.08. The summed E-state index contributed by atoms with van der Waals surface area (Å²) >= 11 is 0. The number of amides is 4. The summed E-state index contributed by atoms with van der Waals surface area (Å²) in [6, 6.07) is 14.7. The lowest BCUT2D eigenvalue weighted by Gasteiger charge is -2.29. The smallest absolute Gasteiger partial charge is 0.250 e. The third-order valence-corrected chi connectivity index (χ3v) is 7.22. The van der Waals surface area contributed by atoms with Gasteiger partial charge in [0, 0.05) is 30.3 Å². The molecule has 2 aromatic rings. The maximum absolute atomic E-state index is 13.7. The molecule has 3 aliphatic rings. The molecule has 0 radical (unpaired) electrons. The number of primary amides is 1. The molecule has 5 rings (SSSR count). The van der Waals surface area contributed by atoms with E-state index in [4.69, 9.17) is 5.73 Å². The Hall–Kier alpha value is -3.52. The molecule has 3 heterocycles. The number of carbonyl (C=O) groups is 4. The normalized spacial score (nSPS) is 27.7. The van der Waals surface area contributed by atoms with Crippen molar-refractivity contribution in [2.45, 2.75) is 37.8 Å². The number of nitrogens with one attached hydrogen (secondary N) is 2. The van der Waals surface area contributed by atoms with Crippen LogP contribution < -0.4 is 16.4 Å². The highest BCUT2D eigenvalue weighted by molar-refractivity contribution is 6.15. The molecule has 2 fully saturated rings. The fourth-order valence-electron chi connectivity index (χ4n) is 5.69. The van der Waals surface area contributed by atoms with Crippen molar-refractivity contribution in [3.05, 3.63) is 65.2 Å². The lowest BCUT2D eigenvalue weighted by atomic mass is 9.76. The first-order valence-corrected chi connectivity index (χ1v) is 11.2. The van der Waals surface area contributed by atoms with E-state index in [2.05, 4.69) is 10.6 Å². The van der Waals surface area contributed by atoms with Crippen molar-refractivity contribution >= 4 is 29.3 Å². The molecule has 4 N–H and O–H groups in total. The summed E-state index contributed by atoms with van der Waals surface area (Å²) in [5.41, 5.74) is 7.28. The predicted molar refractivity (Wildman–Crippen MR) is 121 cm³/mol. The number of hydrogen-bond donors (Lipinski definition) is 3. The van der Waals surface area contributed by atoms with Crippen LogP contribution in [0.5, 0.6) is 0 Å². The third-order valence-electron chi connectivity index (χ3n) is 7.22. The number of hydrogen-bond acceptors (Lipinski definition) is 5. The number of para-hydroxylation sites is 1. The number of carbonyl (C=O) groups excluding carboxylic acids is 4. The summed E-state index contributed by atoms with van der Waals surface area (Å²) in [5, 5.41) is 6.25. The summed E-state index contributed by atoms with van der Waals surface area (Å²) in [7, 11) is 0. The van der Waals surface area contributed by atoms with E-state index in [0.717, 1.165) is 11.1 Å². The molecule has 0 saturated carbocycles. The molecule has 33 heavy (non-hydrogen) atoms. The van der Waals surface area contributed by atoms with Crippen molar-refractivity contribution in [2.24, 2.45) is 17.6 Å². The molecule has 0 bridgehead atoms. The second-order valence-electron chi connectivity index (χ2n) is 9.08. The lowest BCUT2D eigenvalue weighted by Crippen LogP contribution is -2.53. The molecule has 4 atom stereocenters. The van der Waals surface area contributed by atoms with E-state index in [1.165, 1.54) is 4.90 Å². The Labute approximate surface area is 191 Å². The zero-order valence-electron chi connectivity index (χ0n) is 18.3. The number of anilines is 1. The van der Waals surface area contributed by atoms with Gasteiger partial charge in [-0.3, -0.25) is 29.4 Å². The maximum Gasteiger partial charge on any atom is 0.250 e. The number of benzene rings is 2. The highest BCUT2D eigenvalue weighted by Gasteiger charge is 2.70. The molecular formula is C25H26N4O4. The van der Waals surface area contributed by atoms with Gasteiger partial charge in [-0.1, -0.05) is 48.5 Å². The number of imide groups is 1. The van der Waals surface area contributed by atoms with E-state index in [1.54, 1.807) is 0 Å². The van der Waals surface area contributed by atoms with Crippen LogP contribution in [0.15, 0.2) is 48.5 Å². The molecule has 1 spiro atoms. The number of nitrogens with two attached hydrogens (primary N) is 1. The van der Waals surface area contributed by atoms with Crippen LogP contribution in [0.1, 0.15) is 29.5 Å². The Morgan fingerprint density at radius 2 is 1.82 bits per heavy atom. The number of nitrogens with zero attached hydrogens (tertiary/aromatic N) is 1. The van der Waals surface area contributed by atoms with Crippen LogP contribution in [0.3, 0.4) is 0 Å². The summed E-state index contributed by atoms with van der Waals surface area (Å²) in [4.78, 5) is 53.4. The van der Waals surface area contributed by atoms with Crippen molar-refractivity contribution < 1.29 is 19.2 Å². The molecule has 170 valence electrons. The quantitative estimate of drug-likeness (QED) is 0.576. The minimum Gasteiger partial charge on any atom is -0.370 e. The van der Waals surface area contributed by atoms with Gasteiger partial charge in [-0.05, 0) is 30.9 Å². The van der Waals surface area contributed by atoms with E-state index in [-0.39, 0.29) is 37.1 Å². The highest BCUT2D eigenvalue weighted by Crippen LogP contribution is 2.54. The molecule has 4 unspecified atom stereocenters. The highest BCUT2D eigenvalue weighted by atomic mass is 16.2. The molecule has 0 aromatic heterocycles. The van der Waals surface area contributed by atoms with Gasteiger partial charge in [0.15, 0.2) is 0 Å². The second kappa shape index (κ2) is 7.81. The molecular weight excluding hydrogens is 420 g/mol. The SMILES string of the molecule is Cc1cccc2c1NC(=O)C21NC(CCC(N)=O)C2C(=O)N(CCc3ccccc3)C(=O)C21. The van der Waals surface area contributed by atoms with Crippen LogP contribution in [0.25, 0.3) is 0 Å². The lowest BCUT2D eigenvalue weighted by molar-refractivity contribution is -0.142. The van der Waals surface area contributed by atoms with Crippen LogP contribution in [0, 0.1) is 18.8 Å². The Kier molecular flexibility index (Phi) is 5.05. The molecule has 8 nitrogen and oxygen atoms in total. The van der Waals surface area contributed by atoms with E-state index in [0.29, 0.717) is 17.7 Å². The maximum atomic E-state index is 13.7. The Balaban J connectivity index is 1.53. The predicted octanol–water partition coefficient (Wildman–Crippen LogP) is 1.22. The zero-order valence-corrected chi connectivity index (χ0v) is 18.3. The minimum atomic E-state index is -1.34. The van der Waals surface area contributed by atoms with Crippen LogP contribution in [0.4, 0.5) is 5.69 Å². The van der Waals surface area contributed by atoms with E-state index >= 15 is 0 Å². The average molecular weight is 447 g/mol. The van der Waals surface area contributed by atoms with Crippen molar-refractivity contribution in [3.63, 3.8) is 0 Å². The molecule has 2 aromatic carbocycles. The van der Waals surface area contributed by atoms with Crippen molar-refractivity contribution in [3.8, 4) is 0 Å². The van der Waals surface area contributed by atoms with Crippen molar-refractivity contribution in [2.75, 3.05) is 11.9 Å². The van der Waals surface area contributed by atoms with Crippen molar-refractivity contribution in [1.82, 2.24) is 10.2 Å². The summed E-state index contributed by atoms with van der Waals surface area (Å²) in [6.45, 7) is 2.14. The summed E-state index contributed by atoms with van der Waals surface area (Å²) < 4.78 is 0. The Morgan fingerprint density at radius 1 is 1.06 bits per heavy atom. The first-order chi connectivity index (χ1) is 15.8. The Morgan fingerprint density at radius 3 is 2.55 bits per heavy atom. The molecule has 8 heteroatoms. The summed E-state index contributed by atoms with van der Waals surface area (Å²) in [6.07, 6.45) is 0.870. The average Bonchev–Trinajstić information content (AvgIpc) is 3.38. The fraction of sp³-hybridized carbons (Fsp3) is 0.360. The molecule has 2 saturated heterocycles. The fourth-order valence-corrected chi connectivity index (χ4v) is 5.69. The van der Waals surface area contributed by atoms with Gasteiger partial charge in [-0.2, -0.15) is 0 Å². The van der Waals surface area contributed by atoms with E-state index < -0.39 is 29.3 Å². The van der Waals surface area contributed by atoms with Crippen LogP contribution in [0.2, 0.25) is 0 Å². The van der Waals surface area contributed by atoms with Gasteiger partial charge in [-0.25, -0.2) is 0 Å². The molecule has 3 aliphatic heterocycles. The van der Waals surface area contributed by atoms with Crippen LogP contribution in [-0.2, 0) is 31.1 Å². The van der Waals surface area contributed by atoms with Gasteiger partial charge < -0.3 is 11.1 Å². The van der Waals surface area contributed by atoms with Gasteiger partial charge in [0.05, 0.1) is 11.8 Å².